The standard InChI is InChI=1S/C18H23N5O/c1-11-7-12(2)23(21-11)16-6-5-13(8-19-16)20-17(24)22-9-14-15(10-22)18(14,3)4/h5-8,14-15H,9-10H2,1-4H3,(H,20,24)/t14-,15-/m1/s1. The number of piperidine rings is 1. The Labute approximate surface area is 141 Å². The average molecular weight is 325 g/mol. The highest BCUT2D eigenvalue weighted by Gasteiger charge is 2.62. The van der Waals surface area contributed by atoms with E-state index in [9.17, 15) is 4.79 Å². The van der Waals surface area contributed by atoms with Gasteiger partial charge < -0.3 is 10.2 Å². The monoisotopic (exact) mass is 325 g/mol. The summed E-state index contributed by atoms with van der Waals surface area (Å²) in [4.78, 5) is 18.7. The summed E-state index contributed by atoms with van der Waals surface area (Å²) in [7, 11) is 0. The molecule has 6 heteroatoms. The topological polar surface area (TPSA) is 63.1 Å². The third-order valence-corrected chi connectivity index (χ3v) is 5.64. The van der Waals surface area contributed by atoms with Gasteiger partial charge in [-0.05, 0) is 49.3 Å². The van der Waals surface area contributed by atoms with Crippen LogP contribution in [0.4, 0.5) is 10.5 Å². The van der Waals surface area contributed by atoms with E-state index in [0.717, 1.165) is 30.3 Å². The third kappa shape index (κ3) is 2.37. The third-order valence-electron chi connectivity index (χ3n) is 5.64. The van der Waals surface area contributed by atoms with Crippen molar-refractivity contribution < 1.29 is 4.79 Å². The number of urea groups is 1. The van der Waals surface area contributed by atoms with E-state index < -0.39 is 0 Å². The van der Waals surface area contributed by atoms with Gasteiger partial charge in [-0.25, -0.2) is 14.5 Å². The van der Waals surface area contributed by atoms with Gasteiger partial charge in [-0.15, -0.1) is 0 Å². The Balaban J connectivity index is 1.41. The van der Waals surface area contributed by atoms with E-state index in [1.807, 2.05) is 36.9 Å². The van der Waals surface area contributed by atoms with Crippen molar-refractivity contribution in [3.63, 3.8) is 0 Å². The fourth-order valence-electron chi connectivity index (χ4n) is 3.95. The number of fused-ring (bicyclic) bond motifs is 1. The first-order chi connectivity index (χ1) is 11.4. The van der Waals surface area contributed by atoms with Gasteiger partial charge in [0.2, 0.25) is 0 Å². The molecule has 2 aromatic rings. The number of carbonyl (C=O) groups excluding carboxylic acids is 1. The van der Waals surface area contributed by atoms with Crippen LogP contribution in [0.1, 0.15) is 25.2 Å². The maximum atomic E-state index is 12.4. The van der Waals surface area contributed by atoms with Crippen molar-refractivity contribution >= 4 is 11.7 Å². The number of carbonyl (C=O) groups is 1. The summed E-state index contributed by atoms with van der Waals surface area (Å²) in [5, 5.41) is 7.37. The lowest BCUT2D eigenvalue weighted by atomic mass is 10.1. The van der Waals surface area contributed by atoms with Crippen LogP contribution in [0.25, 0.3) is 5.82 Å². The van der Waals surface area contributed by atoms with E-state index in [-0.39, 0.29) is 6.03 Å². The van der Waals surface area contributed by atoms with Gasteiger partial charge in [0.05, 0.1) is 17.6 Å². The maximum Gasteiger partial charge on any atom is 0.321 e. The number of likely N-dealkylation sites (tertiary alicyclic amines) is 1. The van der Waals surface area contributed by atoms with Crippen molar-refractivity contribution in [2.45, 2.75) is 27.7 Å². The molecule has 0 spiro atoms. The fourth-order valence-corrected chi connectivity index (χ4v) is 3.95. The SMILES string of the molecule is Cc1cc(C)n(-c2ccc(NC(=O)N3C[C@@H]4[C@@H](C3)C4(C)C)cn2)n1. The number of nitrogens with one attached hydrogen (secondary N) is 1. The quantitative estimate of drug-likeness (QED) is 0.923. The highest BCUT2D eigenvalue weighted by atomic mass is 16.2. The molecule has 1 saturated carbocycles. The molecule has 2 atom stereocenters. The van der Waals surface area contributed by atoms with Crippen LogP contribution >= 0.6 is 0 Å². The van der Waals surface area contributed by atoms with E-state index >= 15 is 0 Å². The molecule has 4 rings (SSSR count). The number of nitrogens with zero attached hydrogens (tertiary/aromatic N) is 4. The van der Waals surface area contributed by atoms with Gasteiger partial charge in [-0.3, -0.25) is 0 Å². The van der Waals surface area contributed by atoms with Crippen molar-refractivity contribution in [1.29, 1.82) is 0 Å². The molecule has 126 valence electrons. The first-order valence-corrected chi connectivity index (χ1v) is 8.42. The Morgan fingerprint density at radius 1 is 1.25 bits per heavy atom. The molecule has 24 heavy (non-hydrogen) atoms. The summed E-state index contributed by atoms with van der Waals surface area (Å²) in [6, 6.07) is 5.73. The van der Waals surface area contributed by atoms with E-state index in [1.165, 1.54) is 0 Å². The molecule has 6 nitrogen and oxygen atoms in total. The molecule has 1 aliphatic carbocycles. The van der Waals surface area contributed by atoms with Crippen LogP contribution in [-0.4, -0.2) is 38.8 Å². The molecular formula is C18H23N5O. The van der Waals surface area contributed by atoms with Crippen LogP contribution in [0.5, 0.6) is 0 Å². The van der Waals surface area contributed by atoms with Crippen molar-refractivity contribution in [3.8, 4) is 5.82 Å². The van der Waals surface area contributed by atoms with Gasteiger partial charge in [0.1, 0.15) is 0 Å². The van der Waals surface area contributed by atoms with Crippen molar-refractivity contribution in [3.05, 3.63) is 35.8 Å². The van der Waals surface area contributed by atoms with E-state index in [1.54, 1.807) is 10.9 Å². The first-order valence-electron chi connectivity index (χ1n) is 8.42. The number of pyridine rings is 1. The number of hydrogen-bond acceptors (Lipinski definition) is 3. The number of aromatic nitrogens is 3. The van der Waals surface area contributed by atoms with Crippen molar-refractivity contribution in [1.82, 2.24) is 19.7 Å². The molecule has 1 saturated heterocycles. The Hall–Kier alpha value is -2.37. The maximum absolute atomic E-state index is 12.4. The van der Waals surface area contributed by atoms with Crippen LogP contribution < -0.4 is 5.32 Å². The van der Waals surface area contributed by atoms with Crippen LogP contribution in [0.3, 0.4) is 0 Å². The minimum atomic E-state index is -0.0290. The molecule has 0 aromatic carbocycles. The summed E-state index contributed by atoms with van der Waals surface area (Å²) in [5.74, 6) is 2.08. The normalized spacial score (nSPS) is 23.9. The summed E-state index contributed by atoms with van der Waals surface area (Å²) >= 11 is 0. The van der Waals surface area contributed by atoms with E-state index in [4.69, 9.17) is 0 Å². The molecule has 2 fully saturated rings. The van der Waals surface area contributed by atoms with E-state index in [0.29, 0.717) is 22.9 Å². The number of amides is 2. The van der Waals surface area contributed by atoms with Crippen LogP contribution in [0.2, 0.25) is 0 Å². The molecule has 2 aliphatic rings. The molecule has 0 unspecified atom stereocenters. The Morgan fingerprint density at radius 2 is 1.96 bits per heavy atom. The van der Waals surface area contributed by atoms with Gasteiger partial charge in [-0.2, -0.15) is 5.10 Å². The highest BCUT2D eigenvalue weighted by Crippen LogP contribution is 2.61. The summed E-state index contributed by atoms with van der Waals surface area (Å²) in [5.41, 5.74) is 3.13. The Kier molecular flexibility index (Phi) is 3.20. The minimum Gasteiger partial charge on any atom is -0.324 e. The largest absolute Gasteiger partial charge is 0.324 e. The number of anilines is 1. The lowest BCUT2D eigenvalue weighted by Crippen LogP contribution is -2.36. The van der Waals surface area contributed by atoms with Crippen LogP contribution in [0.15, 0.2) is 24.4 Å². The lowest BCUT2D eigenvalue weighted by Gasteiger charge is -2.22. The van der Waals surface area contributed by atoms with Gasteiger partial charge in [0.25, 0.3) is 0 Å². The van der Waals surface area contributed by atoms with Crippen molar-refractivity contribution in [2.75, 3.05) is 18.4 Å². The van der Waals surface area contributed by atoms with Crippen LogP contribution in [-0.2, 0) is 0 Å². The molecule has 2 amide bonds. The predicted molar refractivity (Wildman–Crippen MR) is 92.2 cm³/mol. The molecule has 0 bridgehead atoms. The molecule has 0 radical (unpaired) electrons. The second-order valence-electron chi connectivity index (χ2n) is 7.61. The van der Waals surface area contributed by atoms with Gasteiger partial charge in [-0.1, -0.05) is 13.8 Å². The predicted octanol–water partition coefficient (Wildman–Crippen LogP) is 3.00. The molecular weight excluding hydrogens is 302 g/mol. The average Bonchev–Trinajstić information content (AvgIpc) is 2.93. The summed E-state index contributed by atoms with van der Waals surface area (Å²) < 4.78 is 1.80. The van der Waals surface area contributed by atoms with Gasteiger partial charge in [0, 0.05) is 18.8 Å². The van der Waals surface area contributed by atoms with Crippen LogP contribution in [0, 0.1) is 31.1 Å². The fraction of sp³-hybridized carbons (Fsp3) is 0.500. The first kappa shape index (κ1) is 15.2. The smallest absolute Gasteiger partial charge is 0.321 e. The Morgan fingerprint density at radius 3 is 2.50 bits per heavy atom. The zero-order valence-electron chi connectivity index (χ0n) is 14.6. The second kappa shape index (κ2) is 5.06. The molecule has 1 aliphatic heterocycles. The Bertz CT molecular complexity index is 778. The number of aryl methyl sites for hydroxylation is 2. The zero-order chi connectivity index (χ0) is 17.1. The molecule has 3 heterocycles. The zero-order valence-corrected chi connectivity index (χ0v) is 14.6. The van der Waals surface area contributed by atoms with Gasteiger partial charge >= 0.3 is 6.03 Å². The minimum absolute atomic E-state index is 0.0290. The number of hydrogen-bond donors (Lipinski definition) is 1. The lowest BCUT2D eigenvalue weighted by molar-refractivity contribution is 0.209. The highest BCUT2D eigenvalue weighted by molar-refractivity contribution is 5.89. The number of rotatable bonds is 2. The van der Waals surface area contributed by atoms with Crippen molar-refractivity contribution in [2.24, 2.45) is 17.3 Å². The van der Waals surface area contributed by atoms with E-state index in [2.05, 4.69) is 29.2 Å². The molecule has 1 N–H and O–H groups in total. The summed E-state index contributed by atoms with van der Waals surface area (Å²) in [6.07, 6.45) is 1.68. The second-order valence-corrected chi connectivity index (χ2v) is 7.61. The molecule has 2 aromatic heterocycles. The van der Waals surface area contributed by atoms with Gasteiger partial charge in [0.15, 0.2) is 5.82 Å². The summed E-state index contributed by atoms with van der Waals surface area (Å²) in [6.45, 7) is 10.3.